The minimum atomic E-state index is -0.464. The van der Waals surface area contributed by atoms with Gasteiger partial charge in [0.05, 0.1) is 30.2 Å². The highest BCUT2D eigenvalue weighted by atomic mass is 32.2. The van der Waals surface area contributed by atoms with Gasteiger partial charge in [0, 0.05) is 0 Å². The number of thioether (sulfide) groups is 1. The lowest BCUT2D eigenvalue weighted by Crippen LogP contribution is -2.39. The highest BCUT2D eigenvalue weighted by Gasteiger charge is 2.42. The van der Waals surface area contributed by atoms with Crippen molar-refractivity contribution in [2.75, 3.05) is 12.9 Å². The summed E-state index contributed by atoms with van der Waals surface area (Å²) in [5.41, 5.74) is 1.90. The van der Waals surface area contributed by atoms with Crippen LogP contribution in [0.4, 0.5) is 0 Å². The number of allylic oxidation sites excluding steroid dienone is 1. The first kappa shape index (κ1) is 13.9. The van der Waals surface area contributed by atoms with Gasteiger partial charge >= 0.3 is 5.97 Å². The molecular weight excluding hydrogens is 288 g/mol. The Morgan fingerprint density at radius 1 is 1.38 bits per heavy atom. The van der Waals surface area contributed by atoms with E-state index < -0.39 is 12.0 Å². The molecule has 2 heterocycles. The zero-order chi connectivity index (χ0) is 15.0. The van der Waals surface area contributed by atoms with E-state index in [0.29, 0.717) is 22.2 Å². The Labute approximate surface area is 126 Å². The van der Waals surface area contributed by atoms with E-state index in [4.69, 9.17) is 4.74 Å². The van der Waals surface area contributed by atoms with Gasteiger partial charge in [-0.2, -0.15) is 0 Å². The molecular formula is C15H14N2O3S. The molecule has 0 N–H and O–H groups in total. The van der Waals surface area contributed by atoms with Gasteiger partial charge in [0.15, 0.2) is 5.17 Å². The van der Waals surface area contributed by atoms with Gasteiger partial charge in [-0.05, 0) is 12.5 Å². The number of methoxy groups -OCH3 is 1. The molecule has 1 fully saturated rings. The molecule has 1 amide bonds. The van der Waals surface area contributed by atoms with Crippen LogP contribution in [0.15, 0.2) is 46.6 Å². The van der Waals surface area contributed by atoms with Crippen LogP contribution in [-0.4, -0.2) is 34.8 Å². The summed E-state index contributed by atoms with van der Waals surface area (Å²) >= 11 is 1.40. The predicted octanol–water partition coefficient (Wildman–Crippen LogP) is 2.12. The number of ether oxygens (including phenoxy) is 1. The van der Waals surface area contributed by atoms with Gasteiger partial charge in [-0.25, -0.2) is 9.79 Å². The molecule has 0 saturated carbocycles. The third-order valence-electron chi connectivity index (χ3n) is 3.50. The standard InChI is InChI=1S/C15H14N2O3S/c1-9-12(14(19)20-2)13(10-6-4-3-5-7-10)17-11(18)8-21-15(17)16-9/h3-7,13H,8H2,1-2H3/t13-/m0/s1. The van der Waals surface area contributed by atoms with Crippen molar-refractivity contribution in [3.63, 3.8) is 0 Å². The lowest BCUT2D eigenvalue weighted by Gasteiger charge is -2.32. The van der Waals surface area contributed by atoms with Gasteiger partial charge in [0.25, 0.3) is 0 Å². The molecule has 0 bridgehead atoms. The first-order valence-electron chi connectivity index (χ1n) is 6.51. The molecule has 1 saturated heterocycles. The number of hydrogen-bond donors (Lipinski definition) is 0. The van der Waals surface area contributed by atoms with Gasteiger partial charge in [-0.1, -0.05) is 42.1 Å². The van der Waals surface area contributed by atoms with E-state index in [1.807, 2.05) is 30.3 Å². The molecule has 0 radical (unpaired) electrons. The lowest BCUT2D eigenvalue weighted by molar-refractivity contribution is -0.137. The molecule has 0 spiro atoms. The van der Waals surface area contributed by atoms with Crippen molar-refractivity contribution >= 4 is 28.8 Å². The molecule has 1 atom stereocenters. The molecule has 2 aliphatic rings. The first-order valence-corrected chi connectivity index (χ1v) is 7.49. The van der Waals surface area contributed by atoms with Crippen molar-refractivity contribution in [1.29, 1.82) is 0 Å². The molecule has 6 heteroatoms. The number of rotatable bonds is 2. The maximum atomic E-state index is 12.2. The fourth-order valence-corrected chi connectivity index (χ4v) is 3.50. The number of nitrogens with zero attached hydrogens (tertiary/aromatic N) is 2. The zero-order valence-corrected chi connectivity index (χ0v) is 12.5. The van der Waals surface area contributed by atoms with E-state index in [-0.39, 0.29) is 5.91 Å². The summed E-state index contributed by atoms with van der Waals surface area (Å²) in [4.78, 5) is 30.3. The van der Waals surface area contributed by atoms with E-state index in [2.05, 4.69) is 4.99 Å². The summed E-state index contributed by atoms with van der Waals surface area (Å²) in [5.74, 6) is -0.139. The van der Waals surface area contributed by atoms with E-state index in [9.17, 15) is 9.59 Å². The predicted molar refractivity (Wildman–Crippen MR) is 80.6 cm³/mol. The van der Waals surface area contributed by atoms with Crippen LogP contribution in [0.3, 0.4) is 0 Å². The Morgan fingerprint density at radius 2 is 2.10 bits per heavy atom. The van der Waals surface area contributed by atoms with Crippen molar-refractivity contribution in [2.45, 2.75) is 13.0 Å². The van der Waals surface area contributed by atoms with Gasteiger partial charge in [-0.15, -0.1) is 0 Å². The summed E-state index contributed by atoms with van der Waals surface area (Å²) in [6.45, 7) is 1.77. The minimum absolute atomic E-state index is 0.0403. The Balaban J connectivity index is 2.17. The molecule has 21 heavy (non-hydrogen) atoms. The van der Waals surface area contributed by atoms with E-state index in [1.54, 1.807) is 11.8 Å². The van der Waals surface area contributed by atoms with Crippen LogP contribution in [0.5, 0.6) is 0 Å². The molecule has 2 aliphatic heterocycles. The van der Waals surface area contributed by atoms with Crippen molar-refractivity contribution < 1.29 is 14.3 Å². The summed E-state index contributed by atoms with van der Waals surface area (Å²) in [6, 6.07) is 9.02. The van der Waals surface area contributed by atoms with Gasteiger partial charge in [-0.3, -0.25) is 9.69 Å². The average Bonchev–Trinajstić information content (AvgIpc) is 2.87. The summed E-state index contributed by atoms with van der Waals surface area (Å²) < 4.78 is 4.88. The first-order chi connectivity index (χ1) is 10.1. The number of carbonyl (C=O) groups is 2. The van der Waals surface area contributed by atoms with Gasteiger partial charge in [0.2, 0.25) is 5.91 Å². The van der Waals surface area contributed by atoms with Crippen LogP contribution in [0.25, 0.3) is 0 Å². The quantitative estimate of drug-likeness (QED) is 0.785. The average molecular weight is 302 g/mol. The number of fused-ring (bicyclic) bond motifs is 1. The van der Waals surface area contributed by atoms with Crippen LogP contribution in [-0.2, 0) is 14.3 Å². The largest absolute Gasteiger partial charge is 0.466 e. The number of esters is 1. The molecule has 0 aliphatic carbocycles. The highest BCUT2D eigenvalue weighted by Crippen LogP contribution is 2.40. The third-order valence-corrected chi connectivity index (χ3v) is 4.44. The Bertz CT molecular complexity index is 667. The molecule has 0 aromatic heterocycles. The lowest BCUT2D eigenvalue weighted by atomic mass is 9.94. The van der Waals surface area contributed by atoms with E-state index in [0.717, 1.165) is 5.56 Å². The van der Waals surface area contributed by atoms with Crippen molar-refractivity contribution in [2.24, 2.45) is 4.99 Å². The fraction of sp³-hybridized carbons (Fsp3) is 0.267. The number of amidine groups is 1. The minimum Gasteiger partial charge on any atom is -0.466 e. The highest BCUT2D eigenvalue weighted by molar-refractivity contribution is 8.15. The normalized spacial score (nSPS) is 21.2. The van der Waals surface area contributed by atoms with Crippen LogP contribution in [0, 0.1) is 0 Å². The van der Waals surface area contributed by atoms with Crippen LogP contribution < -0.4 is 0 Å². The van der Waals surface area contributed by atoms with Gasteiger partial charge < -0.3 is 4.74 Å². The van der Waals surface area contributed by atoms with Crippen LogP contribution in [0.1, 0.15) is 18.5 Å². The maximum Gasteiger partial charge on any atom is 0.338 e. The summed E-state index contributed by atoms with van der Waals surface area (Å²) in [5, 5.41) is 0.652. The Morgan fingerprint density at radius 3 is 2.76 bits per heavy atom. The van der Waals surface area contributed by atoms with E-state index >= 15 is 0 Å². The topological polar surface area (TPSA) is 59.0 Å². The second-order valence-corrected chi connectivity index (χ2v) is 5.69. The van der Waals surface area contributed by atoms with E-state index in [1.165, 1.54) is 18.9 Å². The van der Waals surface area contributed by atoms with Gasteiger partial charge in [0.1, 0.15) is 0 Å². The SMILES string of the molecule is COC(=O)C1=C(C)N=C2SCC(=O)N2[C@H]1c1ccccc1. The number of carbonyl (C=O) groups excluding carboxylic acids is 2. The van der Waals surface area contributed by atoms with Crippen molar-refractivity contribution in [3.05, 3.63) is 47.2 Å². The smallest absolute Gasteiger partial charge is 0.338 e. The summed E-state index contributed by atoms with van der Waals surface area (Å²) in [6.07, 6.45) is 0. The number of amides is 1. The van der Waals surface area contributed by atoms with Crippen LogP contribution in [0.2, 0.25) is 0 Å². The Kier molecular flexibility index (Phi) is 3.55. The monoisotopic (exact) mass is 302 g/mol. The number of hydrogen-bond acceptors (Lipinski definition) is 5. The maximum absolute atomic E-state index is 12.2. The molecule has 1 aromatic rings. The second kappa shape index (κ2) is 5.37. The molecule has 5 nitrogen and oxygen atoms in total. The van der Waals surface area contributed by atoms with Crippen LogP contribution >= 0.6 is 11.8 Å². The third kappa shape index (κ3) is 2.25. The second-order valence-electron chi connectivity index (χ2n) is 4.75. The Hall–Kier alpha value is -2.08. The summed E-state index contributed by atoms with van der Waals surface area (Å²) in [7, 11) is 1.34. The van der Waals surface area contributed by atoms with Crippen molar-refractivity contribution in [3.8, 4) is 0 Å². The number of aliphatic imine (C=N–C) groups is 1. The number of benzene rings is 1. The zero-order valence-electron chi connectivity index (χ0n) is 11.7. The molecule has 1 aromatic carbocycles. The molecule has 3 rings (SSSR count). The molecule has 108 valence electrons. The van der Waals surface area contributed by atoms with Crippen molar-refractivity contribution in [1.82, 2.24) is 4.90 Å². The fourth-order valence-electron chi connectivity index (χ4n) is 2.56. The molecule has 0 unspecified atom stereocenters.